The zero-order chi connectivity index (χ0) is 43.7. The SMILES string of the molecule is CC/C=C\C/C=C\C/C=C\CCCC(=O)OCC(COC(=O)CCCCCCCCCCCCCCCCCCCC)OC(=O)CC/C=C\C/C=C\CCCCCCCC. The molecule has 0 spiro atoms. The molecule has 0 aromatic carbocycles. The largest absolute Gasteiger partial charge is 0.462 e. The fraction of sp³-hybridized carbons (Fsp3) is 0.759. The highest BCUT2D eigenvalue weighted by atomic mass is 16.6. The second kappa shape index (κ2) is 48.8. The third-order valence-corrected chi connectivity index (χ3v) is 10.8. The number of rotatable bonds is 45. The standard InChI is InChI=1S/C54H94O6/c1-4-7-10-13-16-19-22-24-25-26-27-28-30-32-35-38-41-44-47-53(56)59-50-51(49-58-52(55)46-43-40-37-34-31-21-18-15-12-9-6-3)60-54(57)48-45-42-39-36-33-29-23-20-17-14-11-8-5-2/h9,12,18,21,29,33-34,37,39,42,51H,4-8,10-11,13-17,19-20,22-28,30-32,35-36,38,40-41,43-50H2,1-3H3/b12-9-,21-18-,33-29-,37-34-,42-39-. The Hall–Kier alpha value is -2.89. The van der Waals surface area contributed by atoms with Gasteiger partial charge in [-0.1, -0.05) is 223 Å². The fourth-order valence-electron chi connectivity index (χ4n) is 6.99. The van der Waals surface area contributed by atoms with Gasteiger partial charge in [0.25, 0.3) is 0 Å². The summed E-state index contributed by atoms with van der Waals surface area (Å²) in [6, 6.07) is 0. The maximum atomic E-state index is 12.7. The highest BCUT2D eigenvalue weighted by Crippen LogP contribution is 2.15. The van der Waals surface area contributed by atoms with E-state index in [1.165, 1.54) is 135 Å². The normalized spacial score (nSPS) is 12.5. The van der Waals surface area contributed by atoms with Crippen molar-refractivity contribution in [1.82, 2.24) is 0 Å². The van der Waals surface area contributed by atoms with Crippen molar-refractivity contribution in [2.24, 2.45) is 0 Å². The van der Waals surface area contributed by atoms with E-state index in [2.05, 4.69) is 75.5 Å². The van der Waals surface area contributed by atoms with Gasteiger partial charge in [0.2, 0.25) is 0 Å². The van der Waals surface area contributed by atoms with Gasteiger partial charge in [0.05, 0.1) is 0 Å². The maximum absolute atomic E-state index is 12.7. The van der Waals surface area contributed by atoms with Gasteiger partial charge in [0, 0.05) is 19.3 Å². The number of carbonyl (C=O) groups is 3. The maximum Gasteiger partial charge on any atom is 0.306 e. The van der Waals surface area contributed by atoms with E-state index in [1.807, 2.05) is 6.08 Å². The molecule has 0 rings (SSSR count). The van der Waals surface area contributed by atoms with Gasteiger partial charge in [0.1, 0.15) is 13.2 Å². The third-order valence-electron chi connectivity index (χ3n) is 10.8. The molecule has 6 heteroatoms. The lowest BCUT2D eigenvalue weighted by molar-refractivity contribution is -0.166. The summed E-state index contributed by atoms with van der Waals surface area (Å²) < 4.78 is 16.6. The Labute approximate surface area is 370 Å². The molecule has 0 aliphatic rings. The van der Waals surface area contributed by atoms with Crippen molar-refractivity contribution in [1.29, 1.82) is 0 Å². The van der Waals surface area contributed by atoms with Gasteiger partial charge in [-0.05, 0) is 64.2 Å². The quantitative estimate of drug-likeness (QED) is 0.0263. The van der Waals surface area contributed by atoms with Crippen molar-refractivity contribution < 1.29 is 28.6 Å². The summed E-state index contributed by atoms with van der Waals surface area (Å²) in [4.78, 5) is 37.8. The van der Waals surface area contributed by atoms with Crippen LogP contribution in [-0.2, 0) is 28.6 Å². The molecule has 0 amide bonds. The van der Waals surface area contributed by atoms with Gasteiger partial charge in [0.15, 0.2) is 6.10 Å². The number of unbranched alkanes of at least 4 members (excludes halogenated alkanes) is 24. The molecular formula is C54H94O6. The first-order valence-electron chi connectivity index (χ1n) is 25.3. The first kappa shape index (κ1) is 57.1. The Bertz CT molecular complexity index is 1100. The summed E-state index contributed by atoms with van der Waals surface area (Å²) in [5.74, 6) is -1.03. The van der Waals surface area contributed by atoms with Gasteiger partial charge >= 0.3 is 17.9 Å². The second-order valence-electron chi connectivity index (χ2n) is 16.7. The molecule has 346 valence electrons. The molecule has 0 saturated heterocycles. The van der Waals surface area contributed by atoms with Crippen molar-refractivity contribution in [3.05, 3.63) is 60.8 Å². The predicted molar refractivity (Wildman–Crippen MR) is 256 cm³/mol. The monoisotopic (exact) mass is 839 g/mol. The first-order valence-corrected chi connectivity index (χ1v) is 25.3. The van der Waals surface area contributed by atoms with Gasteiger partial charge in [-0.25, -0.2) is 0 Å². The number of allylic oxidation sites excluding steroid dienone is 10. The number of hydrogen-bond acceptors (Lipinski definition) is 6. The Morgan fingerprint density at radius 2 is 0.700 bits per heavy atom. The molecule has 0 aromatic heterocycles. The summed E-state index contributed by atoms with van der Waals surface area (Å²) in [7, 11) is 0. The molecule has 0 saturated carbocycles. The highest BCUT2D eigenvalue weighted by molar-refractivity contribution is 5.71. The Balaban J connectivity index is 4.41. The van der Waals surface area contributed by atoms with Crippen LogP contribution in [0.1, 0.15) is 245 Å². The average Bonchev–Trinajstić information content (AvgIpc) is 3.24. The van der Waals surface area contributed by atoms with E-state index in [-0.39, 0.29) is 44.0 Å². The van der Waals surface area contributed by atoms with Crippen molar-refractivity contribution >= 4 is 17.9 Å². The minimum absolute atomic E-state index is 0.110. The molecule has 0 bridgehead atoms. The van der Waals surface area contributed by atoms with Crippen LogP contribution < -0.4 is 0 Å². The molecule has 0 heterocycles. The molecule has 6 nitrogen and oxygen atoms in total. The van der Waals surface area contributed by atoms with Crippen LogP contribution in [0.4, 0.5) is 0 Å². The van der Waals surface area contributed by atoms with E-state index in [0.717, 1.165) is 57.8 Å². The molecule has 0 fully saturated rings. The summed E-state index contributed by atoms with van der Waals surface area (Å²) in [5, 5.41) is 0. The zero-order valence-electron chi connectivity index (χ0n) is 39.5. The van der Waals surface area contributed by atoms with E-state index in [0.29, 0.717) is 19.3 Å². The smallest absolute Gasteiger partial charge is 0.306 e. The molecule has 60 heavy (non-hydrogen) atoms. The number of carbonyl (C=O) groups excluding carboxylic acids is 3. The van der Waals surface area contributed by atoms with Gasteiger partial charge in [-0.2, -0.15) is 0 Å². The zero-order valence-corrected chi connectivity index (χ0v) is 39.5. The van der Waals surface area contributed by atoms with Crippen LogP contribution >= 0.6 is 0 Å². The van der Waals surface area contributed by atoms with E-state index in [1.54, 1.807) is 0 Å². The molecule has 0 aliphatic heterocycles. The number of ether oxygens (including phenoxy) is 3. The van der Waals surface area contributed by atoms with Crippen LogP contribution in [0.3, 0.4) is 0 Å². The van der Waals surface area contributed by atoms with Crippen molar-refractivity contribution in [3.63, 3.8) is 0 Å². The fourth-order valence-corrected chi connectivity index (χ4v) is 6.99. The summed E-state index contributed by atoms with van der Waals surface area (Å²) in [5.41, 5.74) is 0. The van der Waals surface area contributed by atoms with Crippen LogP contribution in [0.2, 0.25) is 0 Å². The van der Waals surface area contributed by atoms with Crippen LogP contribution in [0.15, 0.2) is 60.8 Å². The van der Waals surface area contributed by atoms with Gasteiger partial charge in [-0.3, -0.25) is 14.4 Å². The van der Waals surface area contributed by atoms with Gasteiger partial charge in [-0.15, -0.1) is 0 Å². The molecule has 1 atom stereocenters. The van der Waals surface area contributed by atoms with E-state index >= 15 is 0 Å². The predicted octanol–water partition coefficient (Wildman–Crippen LogP) is 16.5. The van der Waals surface area contributed by atoms with Crippen molar-refractivity contribution in [2.45, 2.75) is 252 Å². The molecule has 0 radical (unpaired) electrons. The van der Waals surface area contributed by atoms with Crippen LogP contribution in [0.25, 0.3) is 0 Å². The lowest BCUT2D eigenvalue weighted by Gasteiger charge is -2.18. The molecule has 0 aromatic rings. The summed E-state index contributed by atoms with van der Waals surface area (Å²) in [6.07, 6.45) is 59.5. The van der Waals surface area contributed by atoms with E-state index in [4.69, 9.17) is 14.2 Å². The van der Waals surface area contributed by atoms with Gasteiger partial charge < -0.3 is 14.2 Å². The Morgan fingerprint density at radius 1 is 0.350 bits per heavy atom. The molecule has 1 unspecified atom stereocenters. The lowest BCUT2D eigenvalue weighted by Crippen LogP contribution is -2.30. The Morgan fingerprint density at radius 3 is 1.15 bits per heavy atom. The van der Waals surface area contributed by atoms with Crippen molar-refractivity contribution in [3.8, 4) is 0 Å². The summed E-state index contributed by atoms with van der Waals surface area (Å²) in [6.45, 7) is 6.42. The molecular weight excluding hydrogens is 745 g/mol. The van der Waals surface area contributed by atoms with Crippen LogP contribution in [-0.4, -0.2) is 37.2 Å². The summed E-state index contributed by atoms with van der Waals surface area (Å²) >= 11 is 0. The highest BCUT2D eigenvalue weighted by Gasteiger charge is 2.19. The van der Waals surface area contributed by atoms with E-state index < -0.39 is 6.10 Å². The van der Waals surface area contributed by atoms with Crippen LogP contribution in [0, 0.1) is 0 Å². The second-order valence-corrected chi connectivity index (χ2v) is 16.7. The average molecular weight is 839 g/mol. The number of esters is 3. The minimum atomic E-state index is -0.821. The molecule has 0 N–H and O–H groups in total. The third kappa shape index (κ3) is 46.2. The number of hydrogen-bond donors (Lipinski definition) is 0. The first-order chi connectivity index (χ1) is 29.5. The minimum Gasteiger partial charge on any atom is -0.462 e. The topological polar surface area (TPSA) is 78.9 Å². The van der Waals surface area contributed by atoms with Crippen LogP contribution in [0.5, 0.6) is 0 Å². The Kier molecular flexibility index (Phi) is 46.4. The lowest BCUT2D eigenvalue weighted by atomic mass is 10.0. The van der Waals surface area contributed by atoms with Crippen molar-refractivity contribution in [2.75, 3.05) is 13.2 Å². The van der Waals surface area contributed by atoms with E-state index in [9.17, 15) is 14.4 Å². The molecule has 0 aliphatic carbocycles.